The molecule has 1 saturated heterocycles. The monoisotopic (exact) mass is 388 g/mol. The van der Waals surface area contributed by atoms with E-state index in [1.165, 1.54) is 12.1 Å². The van der Waals surface area contributed by atoms with Crippen molar-refractivity contribution in [3.05, 3.63) is 59.0 Å². The molecule has 0 saturated carbocycles. The lowest BCUT2D eigenvalue weighted by molar-refractivity contribution is 0.0999. The highest BCUT2D eigenvalue weighted by Crippen LogP contribution is 2.23. The summed E-state index contributed by atoms with van der Waals surface area (Å²) in [5.41, 5.74) is 1.43. The Morgan fingerprint density at radius 1 is 1.15 bits per heavy atom. The molecular weight excluding hydrogens is 367 g/mol. The van der Waals surface area contributed by atoms with Crippen LogP contribution in [-0.4, -0.2) is 35.8 Å². The van der Waals surface area contributed by atoms with Crippen LogP contribution in [-0.2, 0) is 6.42 Å². The van der Waals surface area contributed by atoms with Crippen LogP contribution in [0.15, 0.2) is 47.0 Å². The van der Waals surface area contributed by atoms with E-state index in [4.69, 9.17) is 20.9 Å². The van der Waals surface area contributed by atoms with Crippen LogP contribution in [0.1, 0.15) is 25.0 Å². The fourth-order valence-electron chi connectivity index (χ4n) is 3.57. The zero-order valence-electron chi connectivity index (χ0n) is 15.0. The summed E-state index contributed by atoms with van der Waals surface area (Å²) in [7, 11) is 0. The largest absolute Gasteiger partial charge is 0.490 e. The average Bonchev–Trinajstić information content (AvgIpc) is 3.07. The Labute approximate surface area is 162 Å². The fourth-order valence-corrected chi connectivity index (χ4v) is 3.70. The lowest BCUT2D eigenvalue weighted by Gasteiger charge is -2.32. The summed E-state index contributed by atoms with van der Waals surface area (Å²) in [5, 5.41) is 5.73. The van der Waals surface area contributed by atoms with Crippen molar-refractivity contribution >= 4 is 22.6 Å². The van der Waals surface area contributed by atoms with Crippen LogP contribution in [0.2, 0.25) is 5.02 Å². The standard InChI is InChI=1S/C21H22ClFN2O2/c22-15-3-6-17(7-4-15)26-18-9-12-25(13-10-18)11-1-2-20-19-8-5-16(23)14-21(19)27-24-20/h3-8,14,18H,1-2,9-13H2. The number of hydrogen-bond acceptors (Lipinski definition) is 4. The minimum Gasteiger partial charge on any atom is -0.490 e. The van der Waals surface area contributed by atoms with Gasteiger partial charge < -0.3 is 14.2 Å². The number of benzene rings is 2. The van der Waals surface area contributed by atoms with E-state index in [0.29, 0.717) is 5.58 Å². The van der Waals surface area contributed by atoms with Gasteiger partial charge in [-0.2, -0.15) is 0 Å². The van der Waals surface area contributed by atoms with Crippen LogP contribution in [0.4, 0.5) is 4.39 Å². The lowest BCUT2D eigenvalue weighted by atomic mass is 10.1. The predicted octanol–water partition coefficient (Wildman–Crippen LogP) is 5.10. The number of halogens is 2. The van der Waals surface area contributed by atoms with Gasteiger partial charge in [0.1, 0.15) is 17.7 Å². The molecule has 2 heterocycles. The smallest absolute Gasteiger partial charge is 0.170 e. The Kier molecular flexibility index (Phi) is 5.60. The maximum Gasteiger partial charge on any atom is 0.170 e. The molecule has 0 amide bonds. The van der Waals surface area contributed by atoms with E-state index in [9.17, 15) is 4.39 Å². The molecule has 27 heavy (non-hydrogen) atoms. The summed E-state index contributed by atoms with van der Waals surface area (Å²) in [4.78, 5) is 2.46. The molecule has 3 aromatic rings. The highest BCUT2D eigenvalue weighted by molar-refractivity contribution is 6.30. The summed E-state index contributed by atoms with van der Waals surface area (Å²) in [6.07, 6.45) is 4.14. The first-order valence-corrected chi connectivity index (χ1v) is 9.73. The first kappa shape index (κ1) is 18.3. The van der Waals surface area contributed by atoms with E-state index in [-0.39, 0.29) is 11.9 Å². The maximum absolute atomic E-state index is 13.2. The van der Waals surface area contributed by atoms with Crippen molar-refractivity contribution in [2.24, 2.45) is 0 Å². The Bertz CT molecular complexity index is 889. The molecule has 0 bridgehead atoms. The van der Waals surface area contributed by atoms with Crippen molar-refractivity contribution in [1.29, 1.82) is 0 Å². The second-order valence-corrected chi connectivity index (χ2v) is 7.42. The minimum atomic E-state index is -0.297. The molecule has 0 radical (unpaired) electrons. The maximum atomic E-state index is 13.2. The zero-order valence-corrected chi connectivity index (χ0v) is 15.8. The zero-order chi connectivity index (χ0) is 18.6. The number of likely N-dealkylation sites (tertiary alicyclic amines) is 1. The quantitative estimate of drug-likeness (QED) is 0.589. The molecule has 1 aliphatic rings. The number of nitrogens with zero attached hydrogens (tertiary/aromatic N) is 2. The van der Waals surface area contributed by atoms with Gasteiger partial charge in [0.25, 0.3) is 0 Å². The third kappa shape index (κ3) is 4.60. The van der Waals surface area contributed by atoms with E-state index < -0.39 is 0 Å². The Hall–Kier alpha value is -2.11. The van der Waals surface area contributed by atoms with Crippen molar-refractivity contribution in [2.45, 2.75) is 31.8 Å². The predicted molar refractivity (Wildman–Crippen MR) is 104 cm³/mol. The first-order valence-electron chi connectivity index (χ1n) is 9.36. The van der Waals surface area contributed by atoms with E-state index in [1.54, 1.807) is 6.07 Å². The minimum absolute atomic E-state index is 0.261. The molecule has 4 rings (SSSR count). The van der Waals surface area contributed by atoms with Crippen LogP contribution in [0.5, 0.6) is 5.75 Å². The molecule has 1 aromatic heterocycles. The van der Waals surface area contributed by atoms with Crippen molar-refractivity contribution in [1.82, 2.24) is 10.1 Å². The number of rotatable bonds is 6. The van der Waals surface area contributed by atoms with E-state index in [1.807, 2.05) is 24.3 Å². The van der Waals surface area contributed by atoms with E-state index in [0.717, 1.165) is 67.2 Å². The van der Waals surface area contributed by atoms with Crippen molar-refractivity contribution < 1.29 is 13.7 Å². The second kappa shape index (κ2) is 8.28. The van der Waals surface area contributed by atoms with Gasteiger partial charge in [-0.25, -0.2) is 4.39 Å². The Balaban J connectivity index is 1.22. The molecular formula is C21H22ClFN2O2. The third-order valence-electron chi connectivity index (χ3n) is 5.05. The van der Waals surface area contributed by atoms with E-state index in [2.05, 4.69) is 10.1 Å². The number of hydrogen-bond donors (Lipinski definition) is 0. The van der Waals surface area contributed by atoms with Gasteiger partial charge in [0.05, 0.1) is 5.69 Å². The van der Waals surface area contributed by atoms with Crippen LogP contribution < -0.4 is 4.74 Å². The molecule has 0 aliphatic carbocycles. The van der Waals surface area contributed by atoms with Crippen molar-refractivity contribution in [2.75, 3.05) is 19.6 Å². The molecule has 0 unspecified atom stereocenters. The molecule has 0 atom stereocenters. The number of aromatic nitrogens is 1. The molecule has 142 valence electrons. The molecule has 1 aliphatic heterocycles. The van der Waals surface area contributed by atoms with Crippen LogP contribution in [0, 0.1) is 5.82 Å². The van der Waals surface area contributed by atoms with E-state index >= 15 is 0 Å². The van der Waals surface area contributed by atoms with Crippen molar-refractivity contribution in [3.8, 4) is 5.75 Å². The van der Waals surface area contributed by atoms with Gasteiger partial charge >= 0.3 is 0 Å². The van der Waals surface area contributed by atoms with Gasteiger partial charge in [-0.15, -0.1) is 0 Å². The molecule has 0 N–H and O–H groups in total. The average molecular weight is 389 g/mol. The molecule has 2 aromatic carbocycles. The number of fused-ring (bicyclic) bond motifs is 1. The van der Waals surface area contributed by atoms with Crippen LogP contribution in [0.25, 0.3) is 11.0 Å². The molecule has 6 heteroatoms. The van der Waals surface area contributed by atoms with Crippen LogP contribution >= 0.6 is 11.6 Å². The van der Waals surface area contributed by atoms with Gasteiger partial charge in [-0.05, 0) is 68.6 Å². The Morgan fingerprint density at radius 2 is 1.93 bits per heavy atom. The van der Waals surface area contributed by atoms with Crippen LogP contribution in [0.3, 0.4) is 0 Å². The summed E-state index contributed by atoms with van der Waals surface area (Å²) in [5.74, 6) is 0.584. The number of piperidine rings is 1. The Morgan fingerprint density at radius 3 is 2.70 bits per heavy atom. The fraction of sp³-hybridized carbons (Fsp3) is 0.381. The SMILES string of the molecule is Fc1ccc2c(CCCN3CCC(Oc4ccc(Cl)cc4)CC3)noc2c1. The van der Waals surface area contributed by atoms with Gasteiger partial charge in [-0.3, -0.25) is 0 Å². The third-order valence-corrected chi connectivity index (χ3v) is 5.30. The summed E-state index contributed by atoms with van der Waals surface area (Å²) in [6, 6.07) is 12.1. The molecule has 0 spiro atoms. The summed E-state index contributed by atoms with van der Waals surface area (Å²) < 4.78 is 24.5. The normalized spacial score (nSPS) is 16.1. The highest BCUT2D eigenvalue weighted by Gasteiger charge is 2.20. The second-order valence-electron chi connectivity index (χ2n) is 6.99. The topological polar surface area (TPSA) is 38.5 Å². The molecule has 1 fully saturated rings. The number of aryl methyl sites for hydroxylation is 1. The van der Waals surface area contributed by atoms with Crippen molar-refractivity contribution in [3.63, 3.8) is 0 Å². The summed E-state index contributed by atoms with van der Waals surface area (Å²) >= 11 is 5.91. The van der Waals surface area contributed by atoms with Gasteiger partial charge in [0.2, 0.25) is 0 Å². The summed E-state index contributed by atoms with van der Waals surface area (Å²) in [6.45, 7) is 3.08. The number of ether oxygens (including phenoxy) is 1. The molecule has 4 nitrogen and oxygen atoms in total. The lowest BCUT2D eigenvalue weighted by Crippen LogP contribution is -2.38. The first-order chi connectivity index (χ1) is 13.2. The van der Waals surface area contributed by atoms with Gasteiger partial charge in [0.15, 0.2) is 5.58 Å². The van der Waals surface area contributed by atoms with Gasteiger partial charge in [0, 0.05) is 29.6 Å². The van der Waals surface area contributed by atoms with Gasteiger partial charge in [-0.1, -0.05) is 16.8 Å². The highest BCUT2D eigenvalue weighted by atomic mass is 35.5.